The second kappa shape index (κ2) is 7.80. The van der Waals surface area contributed by atoms with Crippen LogP contribution in [0, 0.1) is 11.3 Å². The van der Waals surface area contributed by atoms with Crippen LogP contribution in [0.2, 0.25) is 0 Å². The zero-order valence-corrected chi connectivity index (χ0v) is 16.1. The molecule has 0 spiro atoms. The number of aromatic nitrogens is 2. The third-order valence-corrected chi connectivity index (χ3v) is 4.71. The Hall–Kier alpha value is -2.85. The summed E-state index contributed by atoms with van der Waals surface area (Å²) in [6.45, 7) is 4.75. The van der Waals surface area contributed by atoms with Crippen molar-refractivity contribution < 1.29 is 14.3 Å². The highest BCUT2D eigenvalue weighted by molar-refractivity contribution is 5.94. The van der Waals surface area contributed by atoms with E-state index in [2.05, 4.69) is 11.2 Å². The quantitative estimate of drug-likeness (QED) is 0.810. The molecule has 2 heterocycles. The van der Waals surface area contributed by atoms with Gasteiger partial charge in [0.05, 0.1) is 36.1 Å². The number of hydrogen-bond donors (Lipinski definition) is 0. The molecule has 3 rings (SSSR count). The number of fused-ring (bicyclic) bond motifs is 1. The van der Waals surface area contributed by atoms with Crippen molar-refractivity contribution in [1.82, 2.24) is 14.7 Å². The van der Waals surface area contributed by atoms with Crippen LogP contribution in [0.5, 0.6) is 5.75 Å². The van der Waals surface area contributed by atoms with Crippen molar-refractivity contribution >= 4 is 5.91 Å². The molecule has 1 aliphatic rings. The van der Waals surface area contributed by atoms with Gasteiger partial charge in [-0.1, -0.05) is 6.07 Å². The van der Waals surface area contributed by atoms with Crippen LogP contribution in [0.1, 0.15) is 47.3 Å². The molecule has 2 aromatic rings. The standard InChI is InChI=1S/C20H24N4O3/c1-13-10-17-18(22-24(4)19(17)14(2)27-13)20(25)23(3)8-9-26-16-7-5-6-15(11-16)12-21/h5-7,11,13-14H,8-10H2,1-4H3/t13-,14+/m1/s1. The number of likely N-dealkylation sites (N-methyl/N-ethyl adjacent to an activating group) is 1. The SMILES string of the molecule is C[C@@H]1Cc2c(C(=O)N(C)CCOc3cccc(C#N)c3)nn(C)c2[C@H](C)O1. The number of amides is 1. The monoisotopic (exact) mass is 368 g/mol. The molecule has 0 aliphatic carbocycles. The summed E-state index contributed by atoms with van der Waals surface area (Å²) in [5.74, 6) is 0.493. The van der Waals surface area contributed by atoms with Crippen molar-refractivity contribution in [2.45, 2.75) is 32.5 Å². The number of aryl methyl sites for hydroxylation is 1. The Morgan fingerprint density at radius 1 is 1.48 bits per heavy atom. The molecule has 27 heavy (non-hydrogen) atoms. The van der Waals surface area contributed by atoms with Crippen LogP contribution in [0.4, 0.5) is 0 Å². The van der Waals surface area contributed by atoms with E-state index in [1.165, 1.54) is 0 Å². The van der Waals surface area contributed by atoms with Crippen molar-refractivity contribution in [3.8, 4) is 11.8 Å². The molecular weight excluding hydrogens is 344 g/mol. The van der Waals surface area contributed by atoms with Gasteiger partial charge in [0.25, 0.3) is 5.91 Å². The largest absolute Gasteiger partial charge is 0.492 e. The highest BCUT2D eigenvalue weighted by Crippen LogP contribution is 2.32. The van der Waals surface area contributed by atoms with Gasteiger partial charge in [0.1, 0.15) is 12.4 Å². The fourth-order valence-electron chi connectivity index (χ4n) is 3.45. The number of ether oxygens (including phenoxy) is 2. The lowest BCUT2D eigenvalue weighted by Crippen LogP contribution is -2.32. The van der Waals surface area contributed by atoms with E-state index in [-0.39, 0.29) is 18.1 Å². The number of nitrogens with zero attached hydrogens (tertiary/aromatic N) is 4. The van der Waals surface area contributed by atoms with E-state index in [0.29, 0.717) is 36.6 Å². The van der Waals surface area contributed by atoms with Crippen molar-refractivity contribution in [2.75, 3.05) is 20.2 Å². The molecule has 0 unspecified atom stereocenters. The summed E-state index contributed by atoms with van der Waals surface area (Å²) >= 11 is 0. The number of rotatable bonds is 5. The Labute approximate surface area is 159 Å². The Morgan fingerprint density at radius 3 is 3.00 bits per heavy atom. The topological polar surface area (TPSA) is 80.4 Å². The van der Waals surface area contributed by atoms with Gasteiger partial charge in [0, 0.05) is 26.1 Å². The predicted octanol–water partition coefficient (Wildman–Crippen LogP) is 2.46. The molecule has 1 aliphatic heterocycles. The van der Waals surface area contributed by atoms with Crippen LogP contribution in [0.3, 0.4) is 0 Å². The number of nitriles is 1. The average Bonchev–Trinajstić information content (AvgIpc) is 2.97. The first-order valence-electron chi connectivity index (χ1n) is 9.00. The molecule has 7 heteroatoms. The Balaban J connectivity index is 1.66. The summed E-state index contributed by atoms with van der Waals surface area (Å²) in [5, 5.41) is 13.4. The van der Waals surface area contributed by atoms with Gasteiger partial charge in [-0.15, -0.1) is 0 Å². The van der Waals surface area contributed by atoms with Gasteiger partial charge in [0.2, 0.25) is 0 Å². The van der Waals surface area contributed by atoms with Gasteiger partial charge in [-0.25, -0.2) is 0 Å². The molecule has 0 saturated heterocycles. The molecule has 2 atom stereocenters. The van der Waals surface area contributed by atoms with Crippen LogP contribution in [0.15, 0.2) is 24.3 Å². The van der Waals surface area contributed by atoms with E-state index in [4.69, 9.17) is 14.7 Å². The van der Waals surface area contributed by atoms with Crippen molar-refractivity contribution in [3.05, 3.63) is 46.8 Å². The van der Waals surface area contributed by atoms with E-state index in [9.17, 15) is 4.79 Å². The van der Waals surface area contributed by atoms with Gasteiger partial charge < -0.3 is 14.4 Å². The summed E-state index contributed by atoms with van der Waals surface area (Å²) in [5.41, 5.74) is 2.98. The van der Waals surface area contributed by atoms with Gasteiger partial charge >= 0.3 is 0 Å². The van der Waals surface area contributed by atoms with Crippen LogP contribution < -0.4 is 4.74 Å². The fraction of sp³-hybridized carbons (Fsp3) is 0.450. The van der Waals surface area contributed by atoms with Crippen molar-refractivity contribution in [3.63, 3.8) is 0 Å². The summed E-state index contributed by atoms with van der Waals surface area (Å²) < 4.78 is 13.3. The maximum atomic E-state index is 12.9. The Bertz CT molecular complexity index is 884. The molecule has 7 nitrogen and oxygen atoms in total. The molecule has 0 radical (unpaired) electrons. The molecule has 0 saturated carbocycles. The minimum absolute atomic E-state index is 0.0595. The molecule has 0 fully saturated rings. The van der Waals surface area contributed by atoms with Crippen molar-refractivity contribution in [1.29, 1.82) is 5.26 Å². The zero-order valence-electron chi connectivity index (χ0n) is 16.1. The van der Waals surface area contributed by atoms with Crippen LogP contribution in [-0.4, -0.2) is 46.9 Å². The van der Waals surface area contributed by atoms with Gasteiger partial charge in [0.15, 0.2) is 5.69 Å². The first-order valence-corrected chi connectivity index (χ1v) is 9.00. The molecule has 0 bridgehead atoms. The van der Waals surface area contributed by atoms with Crippen LogP contribution in [-0.2, 0) is 18.2 Å². The lowest BCUT2D eigenvalue weighted by atomic mass is 9.99. The Kier molecular flexibility index (Phi) is 5.47. The zero-order chi connectivity index (χ0) is 19.6. The smallest absolute Gasteiger partial charge is 0.274 e. The summed E-state index contributed by atoms with van der Waals surface area (Å²) in [7, 11) is 3.58. The van der Waals surface area contributed by atoms with Gasteiger partial charge in [-0.05, 0) is 32.0 Å². The summed E-state index contributed by atoms with van der Waals surface area (Å²) in [4.78, 5) is 14.5. The van der Waals surface area contributed by atoms with Gasteiger partial charge in [-0.2, -0.15) is 10.4 Å². The maximum absolute atomic E-state index is 12.9. The lowest BCUT2D eigenvalue weighted by molar-refractivity contribution is -0.00906. The highest BCUT2D eigenvalue weighted by Gasteiger charge is 2.32. The highest BCUT2D eigenvalue weighted by atomic mass is 16.5. The second-order valence-electron chi connectivity index (χ2n) is 6.84. The molecule has 142 valence electrons. The normalized spacial score (nSPS) is 18.5. The van der Waals surface area contributed by atoms with Crippen molar-refractivity contribution in [2.24, 2.45) is 7.05 Å². The maximum Gasteiger partial charge on any atom is 0.274 e. The lowest BCUT2D eigenvalue weighted by Gasteiger charge is -2.26. The second-order valence-corrected chi connectivity index (χ2v) is 6.84. The predicted molar refractivity (Wildman–Crippen MR) is 99.5 cm³/mol. The fourth-order valence-corrected chi connectivity index (χ4v) is 3.45. The summed E-state index contributed by atoms with van der Waals surface area (Å²) in [6, 6.07) is 9.04. The molecule has 1 aromatic carbocycles. The first kappa shape index (κ1) is 18.9. The van der Waals surface area contributed by atoms with Crippen LogP contribution >= 0.6 is 0 Å². The van der Waals surface area contributed by atoms with E-state index in [1.807, 2.05) is 20.9 Å². The molecular formula is C20H24N4O3. The number of benzene rings is 1. The first-order chi connectivity index (χ1) is 12.9. The minimum Gasteiger partial charge on any atom is -0.492 e. The van der Waals surface area contributed by atoms with E-state index in [1.54, 1.807) is 40.9 Å². The third-order valence-electron chi connectivity index (χ3n) is 4.71. The van der Waals surface area contributed by atoms with E-state index in [0.717, 1.165) is 11.3 Å². The molecule has 0 N–H and O–H groups in total. The number of carbonyl (C=O) groups is 1. The molecule has 1 aromatic heterocycles. The van der Waals surface area contributed by atoms with E-state index < -0.39 is 0 Å². The molecule has 1 amide bonds. The summed E-state index contributed by atoms with van der Waals surface area (Å²) in [6.07, 6.45) is 0.660. The average molecular weight is 368 g/mol. The number of carbonyl (C=O) groups excluding carboxylic acids is 1. The van der Waals surface area contributed by atoms with E-state index >= 15 is 0 Å². The Morgan fingerprint density at radius 2 is 2.26 bits per heavy atom. The third kappa shape index (κ3) is 3.96. The minimum atomic E-state index is -0.123. The van der Waals surface area contributed by atoms with Gasteiger partial charge in [-0.3, -0.25) is 9.48 Å². The van der Waals surface area contributed by atoms with Crippen LogP contribution in [0.25, 0.3) is 0 Å². The number of hydrogen-bond acceptors (Lipinski definition) is 5.